The minimum atomic E-state index is -0.266. The average molecular weight is 287 g/mol. The first-order chi connectivity index (χ1) is 9.94. The predicted octanol–water partition coefficient (Wildman–Crippen LogP) is 2.47. The molecule has 3 N–H and O–H groups in total. The molecule has 0 radical (unpaired) electrons. The van der Waals surface area contributed by atoms with Crippen LogP contribution in [0.2, 0.25) is 0 Å². The fourth-order valence-electron chi connectivity index (χ4n) is 2.16. The molecule has 21 heavy (non-hydrogen) atoms. The van der Waals surface area contributed by atoms with Gasteiger partial charge in [-0.3, -0.25) is 4.79 Å². The van der Waals surface area contributed by atoms with Crippen molar-refractivity contribution in [2.24, 2.45) is 0 Å². The summed E-state index contributed by atoms with van der Waals surface area (Å²) in [6, 6.07) is 9.42. The highest BCUT2D eigenvalue weighted by Gasteiger charge is 2.11. The number of rotatable bonds is 4. The van der Waals surface area contributed by atoms with Crippen molar-refractivity contribution < 1.29 is 9.18 Å². The SMILES string of the molecule is Cc1cc(C(=O)NC(C)Cc2ccc(F)cc2)cc(N)n1. The lowest BCUT2D eigenvalue weighted by Crippen LogP contribution is -2.34. The van der Waals surface area contributed by atoms with Crippen LogP contribution in [0.1, 0.15) is 28.5 Å². The van der Waals surface area contributed by atoms with Crippen LogP contribution in [0.5, 0.6) is 0 Å². The van der Waals surface area contributed by atoms with E-state index in [0.717, 1.165) is 5.56 Å². The van der Waals surface area contributed by atoms with Gasteiger partial charge in [0, 0.05) is 17.3 Å². The molecule has 0 fully saturated rings. The van der Waals surface area contributed by atoms with Gasteiger partial charge in [0.2, 0.25) is 0 Å². The Labute approximate surface area is 123 Å². The molecule has 0 aliphatic carbocycles. The van der Waals surface area contributed by atoms with E-state index in [-0.39, 0.29) is 17.8 Å². The minimum Gasteiger partial charge on any atom is -0.384 e. The summed E-state index contributed by atoms with van der Waals surface area (Å²) in [6.45, 7) is 3.69. The lowest BCUT2D eigenvalue weighted by molar-refractivity contribution is 0.0940. The first-order valence-electron chi connectivity index (χ1n) is 6.73. The highest BCUT2D eigenvalue weighted by atomic mass is 19.1. The van der Waals surface area contributed by atoms with Gasteiger partial charge in [-0.25, -0.2) is 9.37 Å². The fraction of sp³-hybridized carbons (Fsp3) is 0.250. The molecular weight excluding hydrogens is 269 g/mol. The molecule has 0 spiro atoms. The number of anilines is 1. The molecule has 1 atom stereocenters. The summed E-state index contributed by atoms with van der Waals surface area (Å²) in [6.07, 6.45) is 0.631. The Bertz CT molecular complexity index is 620. The Kier molecular flexibility index (Phi) is 4.52. The number of aromatic nitrogens is 1. The van der Waals surface area contributed by atoms with Gasteiger partial charge in [0.25, 0.3) is 5.91 Å². The second kappa shape index (κ2) is 6.35. The molecule has 110 valence electrons. The lowest BCUT2D eigenvalue weighted by Gasteiger charge is -2.14. The monoisotopic (exact) mass is 287 g/mol. The van der Waals surface area contributed by atoms with Crippen molar-refractivity contribution in [1.82, 2.24) is 10.3 Å². The maximum atomic E-state index is 12.8. The van der Waals surface area contributed by atoms with E-state index in [9.17, 15) is 9.18 Å². The van der Waals surface area contributed by atoms with E-state index >= 15 is 0 Å². The van der Waals surface area contributed by atoms with E-state index in [1.165, 1.54) is 12.1 Å². The molecule has 1 amide bonds. The summed E-state index contributed by atoms with van der Waals surface area (Å²) in [5, 5.41) is 2.90. The summed E-state index contributed by atoms with van der Waals surface area (Å²) >= 11 is 0. The maximum absolute atomic E-state index is 12.8. The second-order valence-electron chi connectivity index (χ2n) is 5.13. The standard InChI is InChI=1S/C16H18FN3O/c1-10(7-12-3-5-14(17)6-4-12)20-16(21)13-8-11(2)19-15(18)9-13/h3-6,8-10H,7H2,1-2H3,(H2,18,19)(H,20,21). The van der Waals surface area contributed by atoms with Crippen LogP contribution in [0, 0.1) is 12.7 Å². The number of halogens is 1. The van der Waals surface area contributed by atoms with Crippen LogP contribution in [0.3, 0.4) is 0 Å². The fourth-order valence-corrected chi connectivity index (χ4v) is 2.16. The molecule has 0 bridgehead atoms. The zero-order chi connectivity index (χ0) is 15.4. The van der Waals surface area contributed by atoms with Crippen molar-refractivity contribution in [3.05, 3.63) is 59.0 Å². The number of benzene rings is 1. The highest BCUT2D eigenvalue weighted by Crippen LogP contribution is 2.09. The number of nitrogens with two attached hydrogens (primary N) is 1. The van der Waals surface area contributed by atoms with Crippen molar-refractivity contribution in [2.45, 2.75) is 26.3 Å². The van der Waals surface area contributed by atoms with Gasteiger partial charge in [-0.15, -0.1) is 0 Å². The number of nitrogen functional groups attached to an aromatic ring is 1. The van der Waals surface area contributed by atoms with Gasteiger partial charge in [-0.2, -0.15) is 0 Å². The maximum Gasteiger partial charge on any atom is 0.251 e. The van der Waals surface area contributed by atoms with E-state index in [0.29, 0.717) is 23.5 Å². The van der Waals surface area contributed by atoms with Crippen molar-refractivity contribution >= 4 is 11.7 Å². The summed E-state index contributed by atoms with van der Waals surface area (Å²) < 4.78 is 12.8. The molecule has 1 aromatic heterocycles. The first-order valence-corrected chi connectivity index (χ1v) is 6.73. The van der Waals surface area contributed by atoms with Gasteiger partial charge >= 0.3 is 0 Å². The Hall–Kier alpha value is -2.43. The number of hydrogen-bond donors (Lipinski definition) is 2. The van der Waals surface area contributed by atoms with E-state index in [2.05, 4.69) is 10.3 Å². The third kappa shape index (κ3) is 4.27. The van der Waals surface area contributed by atoms with Crippen LogP contribution in [0.25, 0.3) is 0 Å². The van der Waals surface area contributed by atoms with E-state index in [1.807, 2.05) is 6.92 Å². The summed E-state index contributed by atoms with van der Waals surface area (Å²) in [5.41, 5.74) is 7.80. The number of nitrogens with zero attached hydrogens (tertiary/aromatic N) is 1. The van der Waals surface area contributed by atoms with E-state index in [1.54, 1.807) is 31.2 Å². The number of pyridine rings is 1. The van der Waals surface area contributed by atoms with Crippen molar-refractivity contribution in [1.29, 1.82) is 0 Å². The van der Waals surface area contributed by atoms with Crippen LogP contribution in [-0.2, 0) is 6.42 Å². The van der Waals surface area contributed by atoms with Gasteiger partial charge in [-0.1, -0.05) is 12.1 Å². The average Bonchev–Trinajstić information content (AvgIpc) is 2.40. The molecule has 1 unspecified atom stereocenters. The minimum absolute atomic E-state index is 0.0716. The third-order valence-electron chi connectivity index (χ3n) is 3.07. The molecule has 1 aromatic carbocycles. The summed E-state index contributed by atoms with van der Waals surface area (Å²) in [4.78, 5) is 16.2. The van der Waals surface area contributed by atoms with Gasteiger partial charge in [-0.05, 0) is 50.1 Å². The molecule has 2 aromatic rings. The van der Waals surface area contributed by atoms with Crippen LogP contribution < -0.4 is 11.1 Å². The van der Waals surface area contributed by atoms with Crippen molar-refractivity contribution in [3.63, 3.8) is 0 Å². The zero-order valence-corrected chi connectivity index (χ0v) is 12.1. The Balaban J connectivity index is 2.00. The molecule has 0 saturated heterocycles. The predicted molar refractivity (Wildman–Crippen MR) is 80.4 cm³/mol. The Morgan fingerprint density at radius 1 is 1.33 bits per heavy atom. The number of carbonyl (C=O) groups is 1. The molecule has 5 heteroatoms. The van der Waals surface area contributed by atoms with Gasteiger partial charge in [0.1, 0.15) is 11.6 Å². The van der Waals surface area contributed by atoms with E-state index < -0.39 is 0 Å². The largest absolute Gasteiger partial charge is 0.384 e. The molecule has 0 aliphatic heterocycles. The quantitative estimate of drug-likeness (QED) is 0.907. The summed E-state index contributed by atoms with van der Waals surface area (Å²) in [7, 11) is 0. The number of hydrogen-bond acceptors (Lipinski definition) is 3. The Morgan fingerprint density at radius 3 is 2.62 bits per heavy atom. The smallest absolute Gasteiger partial charge is 0.251 e. The number of amides is 1. The van der Waals surface area contributed by atoms with Gasteiger partial charge < -0.3 is 11.1 Å². The topological polar surface area (TPSA) is 68.0 Å². The molecule has 2 rings (SSSR count). The molecule has 4 nitrogen and oxygen atoms in total. The van der Waals surface area contributed by atoms with Crippen molar-refractivity contribution in [2.75, 3.05) is 5.73 Å². The number of carbonyl (C=O) groups excluding carboxylic acids is 1. The van der Waals surface area contributed by atoms with Crippen LogP contribution in [0.15, 0.2) is 36.4 Å². The highest BCUT2D eigenvalue weighted by molar-refractivity contribution is 5.95. The van der Waals surface area contributed by atoms with Gasteiger partial charge in [0.05, 0.1) is 0 Å². The van der Waals surface area contributed by atoms with Crippen molar-refractivity contribution in [3.8, 4) is 0 Å². The molecule has 0 aliphatic rings. The number of aryl methyl sites for hydroxylation is 1. The molecular formula is C16H18FN3O. The van der Waals surface area contributed by atoms with Gasteiger partial charge in [0.15, 0.2) is 0 Å². The number of nitrogens with one attached hydrogen (secondary N) is 1. The lowest BCUT2D eigenvalue weighted by atomic mass is 10.1. The Morgan fingerprint density at radius 2 is 2.00 bits per heavy atom. The van der Waals surface area contributed by atoms with Crippen LogP contribution >= 0.6 is 0 Å². The third-order valence-corrected chi connectivity index (χ3v) is 3.07. The van der Waals surface area contributed by atoms with Crippen LogP contribution in [0.4, 0.5) is 10.2 Å². The molecule has 0 saturated carbocycles. The summed E-state index contributed by atoms with van der Waals surface area (Å²) in [5.74, 6) is -0.133. The zero-order valence-electron chi connectivity index (χ0n) is 12.1. The molecule has 1 heterocycles. The van der Waals surface area contributed by atoms with E-state index in [4.69, 9.17) is 5.73 Å². The van der Waals surface area contributed by atoms with Crippen LogP contribution in [-0.4, -0.2) is 16.9 Å². The first kappa shape index (κ1) is 15.0. The second-order valence-corrected chi connectivity index (χ2v) is 5.13. The normalized spacial score (nSPS) is 12.0.